The van der Waals surface area contributed by atoms with Gasteiger partial charge in [0.2, 0.25) is 10.0 Å². The number of carbonyl (C=O) groups excluding carboxylic acids is 1. The lowest BCUT2D eigenvalue weighted by molar-refractivity contribution is 0.102. The highest BCUT2D eigenvalue weighted by atomic mass is 32.2. The van der Waals surface area contributed by atoms with Crippen LogP contribution in [-0.4, -0.2) is 48.5 Å². The third kappa shape index (κ3) is 6.05. The van der Waals surface area contributed by atoms with Gasteiger partial charge < -0.3 is 13.6 Å². The van der Waals surface area contributed by atoms with Crippen LogP contribution >= 0.6 is 0 Å². The Labute approximate surface area is 222 Å². The zero-order valence-electron chi connectivity index (χ0n) is 22.1. The molecule has 11 heteroatoms. The number of rotatable bonds is 11. The summed E-state index contributed by atoms with van der Waals surface area (Å²) in [6.45, 7) is 11.1. The van der Waals surface area contributed by atoms with E-state index in [1.54, 1.807) is 12.1 Å². The van der Waals surface area contributed by atoms with Crippen LogP contribution in [-0.2, 0) is 10.0 Å². The van der Waals surface area contributed by atoms with Crippen LogP contribution < -0.4 is 10.1 Å². The highest BCUT2D eigenvalue weighted by molar-refractivity contribution is 7.89. The van der Waals surface area contributed by atoms with Gasteiger partial charge in [-0.1, -0.05) is 44.9 Å². The van der Waals surface area contributed by atoms with E-state index in [1.165, 1.54) is 28.6 Å². The Morgan fingerprint density at radius 2 is 1.68 bits per heavy atom. The van der Waals surface area contributed by atoms with Gasteiger partial charge >= 0.3 is 6.01 Å². The SMILES string of the molecule is CCOc1cccc2cc(-c3nnc(NC(=O)c4ccc(S(=O)(=O)N(CC(C)C)CC(C)C)cc4)o3)oc12. The van der Waals surface area contributed by atoms with Crippen LogP contribution in [0.1, 0.15) is 45.0 Å². The third-order valence-corrected chi connectivity index (χ3v) is 7.40. The monoisotopic (exact) mass is 540 g/mol. The van der Waals surface area contributed by atoms with Crippen molar-refractivity contribution in [1.82, 2.24) is 14.5 Å². The molecule has 0 bridgehead atoms. The standard InChI is InChI=1S/C27H32N4O6S/c1-6-35-22-9-7-8-20-14-23(36-24(20)22)26-29-30-27(37-26)28-25(32)19-10-12-21(13-11-19)38(33,34)31(15-17(2)3)16-18(4)5/h7-14,17-18H,6,15-16H2,1-5H3,(H,28,30,32). The quantitative estimate of drug-likeness (QED) is 0.266. The van der Waals surface area contributed by atoms with Gasteiger partial charge in [0.15, 0.2) is 17.1 Å². The minimum absolute atomic E-state index is 0.0933. The van der Waals surface area contributed by atoms with Gasteiger partial charge in [-0.3, -0.25) is 10.1 Å². The second-order valence-corrected chi connectivity index (χ2v) is 11.7. The number of sulfonamides is 1. The van der Waals surface area contributed by atoms with Crippen molar-refractivity contribution in [3.05, 3.63) is 54.1 Å². The molecule has 0 aliphatic heterocycles. The molecule has 202 valence electrons. The van der Waals surface area contributed by atoms with Gasteiger partial charge in [0.1, 0.15) is 0 Å². The van der Waals surface area contributed by atoms with Crippen molar-refractivity contribution in [2.75, 3.05) is 25.0 Å². The average Bonchev–Trinajstić information content (AvgIpc) is 3.51. The minimum atomic E-state index is -3.70. The number of nitrogens with zero attached hydrogens (tertiary/aromatic N) is 3. The first-order valence-electron chi connectivity index (χ1n) is 12.5. The Kier molecular flexibility index (Phi) is 8.17. The number of carbonyl (C=O) groups is 1. The predicted octanol–water partition coefficient (Wildman–Crippen LogP) is 5.44. The van der Waals surface area contributed by atoms with Gasteiger partial charge in [-0.05, 0) is 55.2 Å². The maximum absolute atomic E-state index is 13.2. The molecule has 0 saturated heterocycles. The fourth-order valence-electron chi connectivity index (χ4n) is 3.97. The van der Waals surface area contributed by atoms with Crippen LogP contribution in [0.5, 0.6) is 5.75 Å². The normalized spacial score (nSPS) is 12.1. The van der Waals surface area contributed by atoms with E-state index in [2.05, 4.69) is 15.5 Å². The number of benzene rings is 2. The molecule has 38 heavy (non-hydrogen) atoms. The van der Waals surface area contributed by atoms with Crippen molar-refractivity contribution in [1.29, 1.82) is 0 Å². The van der Waals surface area contributed by atoms with E-state index in [4.69, 9.17) is 13.6 Å². The van der Waals surface area contributed by atoms with E-state index >= 15 is 0 Å². The van der Waals surface area contributed by atoms with E-state index in [1.807, 2.05) is 46.8 Å². The lowest BCUT2D eigenvalue weighted by Crippen LogP contribution is -2.37. The van der Waals surface area contributed by atoms with E-state index in [-0.39, 0.29) is 34.2 Å². The second kappa shape index (κ2) is 11.4. The van der Waals surface area contributed by atoms with Crippen LogP contribution in [0.4, 0.5) is 6.01 Å². The topological polar surface area (TPSA) is 128 Å². The third-order valence-electron chi connectivity index (χ3n) is 5.56. The molecule has 0 saturated carbocycles. The first kappa shape index (κ1) is 27.3. The molecular formula is C27H32N4O6S. The smallest absolute Gasteiger partial charge is 0.322 e. The largest absolute Gasteiger partial charge is 0.490 e. The molecule has 4 rings (SSSR count). The molecule has 0 spiro atoms. The van der Waals surface area contributed by atoms with Crippen molar-refractivity contribution < 1.29 is 26.8 Å². The molecule has 0 aliphatic carbocycles. The maximum Gasteiger partial charge on any atom is 0.322 e. The minimum Gasteiger partial charge on any atom is -0.490 e. The van der Waals surface area contributed by atoms with E-state index in [0.717, 1.165) is 5.39 Å². The van der Waals surface area contributed by atoms with Gasteiger partial charge in [0, 0.05) is 24.0 Å². The lowest BCUT2D eigenvalue weighted by Gasteiger charge is -2.25. The molecule has 0 radical (unpaired) electrons. The summed E-state index contributed by atoms with van der Waals surface area (Å²) in [6, 6.07) is 12.9. The predicted molar refractivity (Wildman–Crippen MR) is 144 cm³/mol. The Bertz CT molecular complexity index is 1500. The van der Waals surface area contributed by atoms with Crippen molar-refractivity contribution in [3.8, 4) is 17.4 Å². The first-order chi connectivity index (χ1) is 18.1. The van der Waals surface area contributed by atoms with Crippen molar-refractivity contribution in [2.24, 2.45) is 11.8 Å². The molecule has 10 nitrogen and oxygen atoms in total. The Morgan fingerprint density at radius 3 is 2.32 bits per heavy atom. The first-order valence-corrected chi connectivity index (χ1v) is 13.9. The van der Waals surface area contributed by atoms with Crippen LogP contribution in [0.15, 0.2) is 62.3 Å². The number of furan rings is 1. The number of aromatic nitrogens is 2. The van der Waals surface area contributed by atoms with Gasteiger partial charge in [0.25, 0.3) is 11.8 Å². The molecule has 0 fully saturated rings. The number of fused-ring (bicyclic) bond motifs is 1. The number of anilines is 1. The number of para-hydroxylation sites is 1. The molecule has 2 heterocycles. The highest BCUT2D eigenvalue weighted by Gasteiger charge is 2.26. The molecular weight excluding hydrogens is 508 g/mol. The van der Waals surface area contributed by atoms with Gasteiger partial charge in [0.05, 0.1) is 11.5 Å². The number of nitrogens with one attached hydrogen (secondary N) is 1. The summed E-state index contributed by atoms with van der Waals surface area (Å²) in [5.74, 6) is 0.871. The number of ether oxygens (including phenoxy) is 1. The summed E-state index contributed by atoms with van der Waals surface area (Å²) in [5.41, 5.74) is 0.802. The van der Waals surface area contributed by atoms with Crippen molar-refractivity contribution in [2.45, 2.75) is 39.5 Å². The molecule has 2 aromatic carbocycles. The van der Waals surface area contributed by atoms with Gasteiger partial charge in [-0.2, -0.15) is 4.31 Å². The summed E-state index contributed by atoms with van der Waals surface area (Å²) in [7, 11) is -3.70. The highest BCUT2D eigenvalue weighted by Crippen LogP contribution is 2.33. The maximum atomic E-state index is 13.2. The van der Waals surface area contributed by atoms with Crippen LogP contribution in [0, 0.1) is 11.8 Å². The summed E-state index contributed by atoms with van der Waals surface area (Å²) < 4.78 is 44.9. The summed E-state index contributed by atoms with van der Waals surface area (Å²) in [4.78, 5) is 12.9. The van der Waals surface area contributed by atoms with E-state index in [9.17, 15) is 13.2 Å². The fourth-order valence-corrected chi connectivity index (χ4v) is 5.73. The zero-order chi connectivity index (χ0) is 27.4. The number of amides is 1. The number of hydrogen-bond acceptors (Lipinski definition) is 8. The Morgan fingerprint density at radius 1 is 1.00 bits per heavy atom. The molecule has 0 unspecified atom stereocenters. The van der Waals surface area contributed by atoms with E-state index in [0.29, 0.717) is 36.8 Å². The molecule has 2 aromatic heterocycles. The summed E-state index contributed by atoms with van der Waals surface area (Å²) in [5, 5.41) is 11.2. The van der Waals surface area contributed by atoms with Crippen LogP contribution in [0.25, 0.3) is 22.6 Å². The van der Waals surface area contributed by atoms with Crippen molar-refractivity contribution >= 4 is 32.9 Å². The fraction of sp³-hybridized carbons (Fsp3) is 0.370. The van der Waals surface area contributed by atoms with Crippen LogP contribution in [0.3, 0.4) is 0 Å². The summed E-state index contributed by atoms with van der Waals surface area (Å²) in [6.07, 6.45) is 0. The molecule has 0 aliphatic rings. The molecule has 1 amide bonds. The van der Waals surface area contributed by atoms with Crippen molar-refractivity contribution in [3.63, 3.8) is 0 Å². The van der Waals surface area contributed by atoms with Gasteiger partial charge in [-0.15, -0.1) is 5.10 Å². The second-order valence-electron chi connectivity index (χ2n) is 9.72. The molecule has 1 N–H and O–H groups in total. The van der Waals surface area contributed by atoms with Crippen LogP contribution in [0.2, 0.25) is 0 Å². The number of hydrogen-bond donors (Lipinski definition) is 1. The average molecular weight is 541 g/mol. The Hall–Kier alpha value is -3.70. The zero-order valence-corrected chi connectivity index (χ0v) is 22.9. The lowest BCUT2D eigenvalue weighted by atomic mass is 10.2. The summed E-state index contributed by atoms with van der Waals surface area (Å²) >= 11 is 0. The van der Waals surface area contributed by atoms with Gasteiger partial charge in [-0.25, -0.2) is 8.42 Å². The van der Waals surface area contributed by atoms with E-state index < -0.39 is 15.9 Å². The molecule has 0 atom stereocenters. The Balaban J connectivity index is 1.48. The molecule has 4 aromatic rings.